The summed E-state index contributed by atoms with van der Waals surface area (Å²) < 4.78 is 19.0. The molecule has 0 spiro atoms. The molecular weight excluding hydrogens is 482 g/mol. The SMILES string of the molecule is CCOc1cc(CN(c2cc(C(=O)OC)nc(Cl)n2)C2CCNCC2)cc(OCC)c1-n1cccc1. The third-order valence-electron chi connectivity index (χ3n) is 6.04. The van der Waals surface area contributed by atoms with Crippen LogP contribution in [0.2, 0.25) is 5.28 Å². The van der Waals surface area contributed by atoms with Crippen molar-refractivity contribution in [1.82, 2.24) is 19.9 Å². The van der Waals surface area contributed by atoms with E-state index < -0.39 is 5.97 Å². The molecule has 36 heavy (non-hydrogen) atoms. The van der Waals surface area contributed by atoms with E-state index in [-0.39, 0.29) is 17.0 Å². The summed E-state index contributed by atoms with van der Waals surface area (Å²) in [7, 11) is 1.32. The Hall–Kier alpha value is -3.30. The number of methoxy groups -OCH3 is 1. The number of carbonyl (C=O) groups excluding carboxylic acids is 1. The third kappa shape index (κ3) is 5.91. The molecular formula is C26H32ClN5O4. The Morgan fingerprint density at radius 2 is 1.72 bits per heavy atom. The summed E-state index contributed by atoms with van der Waals surface area (Å²) in [5.41, 5.74) is 1.98. The first-order valence-electron chi connectivity index (χ1n) is 12.2. The maximum atomic E-state index is 12.2. The zero-order valence-electron chi connectivity index (χ0n) is 20.9. The van der Waals surface area contributed by atoms with Crippen molar-refractivity contribution in [1.29, 1.82) is 0 Å². The molecule has 3 heterocycles. The lowest BCUT2D eigenvalue weighted by Gasteiger charge is -2.36. The molecule has 0 amide bonds. The highest BCUT2D eigenvalue weighted by molar-refractivity contribution is 6.28. The highest BCUT2D eigenvalue weighted by Gasteiger charge is 2.26. The van der Waals surface area contributed by atoms with Gasteiger partial charge in [0, 0.05) is 31.0 Å². The standard InChI is InChI=1S/C26H32ClN5O4/c1-4-35-21-14-18(15-22(36-5-2)24(21)31-12-6-7-13-31)17-32(19-8-10-28-11-9-19)23-16-20(25(33)34-3)29-26(27)30-23/h6-7,12-16,19,28H,4-5,8-11,17H2,1-3H3. The van der Waals surface area contributed by atoms with Crippen molar-refractivity contribution in [2.24, 2.45) is 0 Å². The van der Waals surface area contributed by atoms with Crippen molar-refractivity contribution in [3.8, 4) is 17.2 Å². The zero-order valence-corrected chi connectivity index (χ0v) is 21.6. The molecule has 9 nitrogen and oxygen atoms in total. The zero-order chi connectivity index (χ0) is 25.5. The van der Waals surface area contributed by atoms with Crippen molar-refractivity contribution in [2.75, 3.05) is 38.3 Å². The predicted molar refractivity (Wildman–Crippen MR) is 139 cm³/mol. The van der Waals surface area contributed by atoms with E-state index in [0.717, 1.165) is 48.7 Å². The van der Waals surface area contributed by atoms with Crippen LogP contribution >= 0.6 is 11.6 Å². The first-order valence-corrected chi connectivity index (χ1v) is 12.6. The predicted octanol–water partition coefficient (Wildman–Crippen LogP) is 4.26. The molecule has 4 rings (SSSR count). The normalized spacial score (nSPS) is 13.9. The van der Waals surface area contributed by atoms with E-state index in [1.54, 1.807) is 6.07 Å². The number of rotatable bonds is 10. The number of aromatic nitrogens is 3. The summed E-state index contributed by atoms with van der Waals surface area (Å²) in [6.07, 6.45) is 5.79. The molecule has 192 valence electrons. The molecule has 1 saturated heterocycles. The highest BCUT2D eigenvalue weighted by atomic mass is 35.5. The van der Waals surface area contributed by atoms with E-state index in [0.29, 0.717) is 25.6 Å². The van der Waals surface area contributed by atoms with Crippen LogP contribution in [0.3, 0.4) is 0 Å². The van der Waals surface area contributed by atoms with E-state index >= 15 is 0 Å². The molecule has 1 N–H and O–H groups in total. The molecule has 3 aromatic rings. The van der Waals surface area contributed by atoms with E-state index in [1.807, 2.05) is 55.1 Å². The molecule has 1 aliphatic heterocycles. The minimum absolute atomic E-state index is 0.000184. The van der Waals surface area contributed by atoms with Crippen molar-refractivity contribution < 1.29 is 19.0 Å². The Bertz CT molecular complexity index is 1140. The molecule has 1 aliphatic rings. The van der Waals surface area contributed by atoms with E-state index in [9.17, 15) is 4.79 Å². The van der Waals surface area contributed by atoms with E-state index in [2.05, 4.69) is 20.2 Å². The summed E-state index contributed by atoms with van der Waals surface area (Å²) in [5, 5.41) is 3.41. The van der Waals surface area contributed by atoms with Crippen LogP contribution in [0.4, 0.5) is 5.82 Å². The maximum Gasteiger partial charge on any atom is 0.356 e. The van der Waals surface area contributed by atoms with Gasteiger partial charge in [0.25, 0.3) is 0 Å². The quantitative estimate of drug-likeness (QED) is 0.317. The highest BCUT2D eigenvalue weighted by Crippen LogP contribution is 2.36. The Balaban J connectivity index is 1.78. The number of nitrogens with zero attached hydrogens (tertiary/aromatic N) is 4. The Morgan fingerprint density at radius 1 is 1.08 bits per heavy atom. The number of carbonyl (C=O) groups is 1. The van der Waals surface area contributed by atoms with Crippen LogP contribution in [0.25, 0.3) is 5.69 Å². The summed E-state index contributed by atoms with van der Waals surface area (Å²) >= 11 is 6.24. The van der Waals surface area contributed by atoms with E-state index in [1.165, 1.54) is 7.11 Å². The van der Waals surface area contributed by atoms with Crippen molar-refractivity contribution in [3.05, 3.63) is 59.3 Å². The maximum absolute atomic E-state index is 12.2. The molecule has 0 unspecified atom stereocenters. The minimum Gasteiger partial charge on any atom is -0.492 e. The molecule has 0 aliphatic carbocycles. The Morgan fingerprint density at radius 3 is 2.31 bits per heavy atom. The lowest BCUT2D eigenvalue weighted by molar-refractivity contribution is 0.0594. The number of hydrogen-bond donors (Lipinski definition) is 1. The monoisotopic (exact) mass is 513 g/mol. The molecule has 0 atom stereocenters. The number of halogens is 1. The third-order valence-corrected chi connectivity index (χ3v) is 6.21. The second-order valence-corrected chi connectivity index (χ2v) is 8.72. The second kappa shape index (κ2) is 12.1. The van der Waals surface area contributed by atoms with Gasteiger partial charge < -0.3 is 29.0 Å². The van der Waals surface area contributed by atoms with Crippen LogP contribution in [-0.4, -0.2) is 60.0 Å². The first-order chi connectivity index (χ1) is 17.5. The van der Waals surface area contributed by atoms with Gasteiger partial charge in [-0.2, -0.15) is 0 Å². The largest absolute Gasteiger partial charge is 0.492 e. The van der Waals surface area contributed by atoms with Gasteiger partial charge in [0.1, 0.15) is 23.0 Å². The summed E-state index contributed by atoms with van der Waals surface area (Å²) in [4.78, 5) is 22.9. The van der Waals surface area contributed by atoms with Crippen LogP contribution in [-0.2, 0) is 11.3 Å². The average molecular weight is 514 g/mol. The first kappa shape index (κ1) is 25.8. The molecule has 10 heteroatoms. The number of nitrogens with one attached hydrogen (secondary N) is 1. The summed E-state index contributed by atoms with van der Waals surface area (Å²) in [6, 6.07) is 9.85. The van der Waals surface area contributed by atoms with Crippen LogP contribution < -0.4 is 19.7 Å². The van der Waals surface area contributed by atoms with Gasteiger partial charge in [0.15, 0.2) is 5.69 Å². The molecule has 2 aromatic heterocycles. The summed E-state index contributed by atoms with van der Waals surface area (Å²) in [6.45, 7) is 7.27. The van der Waals surface area contributed by atoms with Gasteiger partial charge in [-0.1, -0.05) is 0 Å². The van der Waals surface area contributed by atoms with Gasteiger partial charge in [0.05, 0.1) is 20.3 Å². The number of hydrogen-bond acceptors (Lipinski definition) is 8. The van der Waals surface area contributed by atoms with Crippen molar-refractivity contribution >= 4 is 23.4 Å². The number of ether oxygens (including phenoxy) is 3. The van der Waals surface area contributed by atoms with Crippen molar-refractivity contribution in [3.63, 3.8) is 0 Å². The minimum atomic E-state index is -0.556. The lowest BCUT2D eigenvalue weighted by atomic mass is 10.0. The van der Waals surface area contributed by atoms with Crippen LogP contribution in [0.5, 0.6) is 11.5 Å². The van der Waals surface area contributed by atoms with Crippen molar-refractivity contribution in [2.45, 2.75) is 39.3 Å². The fourth-order valence-corrected chi connectivity index (χ4v) is 4.65. The Labute approximate surface area is 216 Å². The van der Waals surface area contributed by atoms with Gasteiger partial charge in [0.2, 0.25) is 5.28 Å². The fraction of sp³-hybridized carbons (Fsp3) is 0.423. The fourth-order valence-electron chi connectivity index (χ4n) is 4.47. The number of benzene rings is 1. The van der Waals surface area contributed by atoms with Crippen LogP contribution in [0, 0.1) is 0 Å². The van der Waals surface area contributed by atoms with Gasteiger partial charge in [-0.05, 0) is 81.2 Å². The van der Waals surface area contributed by atoms with Crippen LogP contribution in [0.1, 0.15) is 42.7 Å². The number of esters is 1. The molecule has 1 fully saturated rings. The van der Waals surface area contributed by atoms with Gasteiger partial charge in [-0.3, -0.25) is 0 Å². The van der Waals surface area contributed by atoms with Gasteiger partial charge in [-0.25, -0.2) is 14.8 Å². The second-order valence-electron chi connectivity index (χ2n) is 8.38. The number of anilines is 1. The smallest absolute Gasteiger partial charge is 0.356 e. The molecule has 0 saturated carbocycles. The average Bonchev–Trinajstić information content (AvgIpc) is 3.42. The van der Waals surface area contributed by atoms with E-state index in [4.69, 9.17) is 25.8 Å². The van der Waals surface area contributed by atoms with Gasteiger partial charge in [-0.15, -0.1) is 0 Å². The molecule has 0 radical (unpaired) electrons. The topological polar surface area (TPSA) is 90.7 Å². The summed E-state index contributed by atoms with van der Waals surface area (Å²) in [5.74, 6) is 1.48. The molecule has 0 bridgehead atoms. The number of piperidine rings is 1. The van der Waals surface area contributed by atoms with Crippen LogP contribution in [0.15, 0.2) is 42.7 Å². The van der Waals surface area contributed by atoms with Gasteiger partial charge >= 0.3 is 5.97 Å². The lowest BCUT2D eigenvalue weighted by Crippen LogP contribution is -2.43. The molecule has 1 aromatic carbocycles. The Kier molecular flexibility index (Phi) is 8.66.